The van der Waals surface area contributed by atoms with Gasteiger partial charge in [0.15, 0.2) is 5.82 Å². The number of methoxy groups -OCH3 is 1. The van der Waals surface area contributed by atoms with Crippen molar-refractivity contribution in [2.45, 2.75) is 66.6 Å². The largest absolute Gasteiger partial charge is 0.467 e. The number of nitrogens with zero attached hydrogens (tertiary/aromatic N) is 4. The van der Waals surface area contributed by atoms with E-state index in [-0.39, 0.29) is 19.1 Å². The Morgan fingerprint density at radius 1 is 1.23 bits per heavy atom. The van der Waals surface area contributed by atoms with Crippen LogP contribution in [0.25, 0.3) is 10.9 Å². The quantitative estimate of drug-likeness (QED) is 0.740. The van der Waals surface area contributed by atoms with Gasteiger partial charge in [-0.2, -0.15) is 9.97 Å². The van der Waals surface area contributed by atoms with Crippen LogP contribution in [0.5, 0.6) is 6.01 Å². The van der Waals surface area contributed by atoms with Crippen LogP contribution in [0.3, 0.4) is 0 Å². The monoisotopic (exact) mass is 422 g/mol. The molecule has 2 aliphatic rings. The summed E-state index contributed by atoms with van der Waals surface area (Å²) in [5, 5.41) is 0.448. The summed E-state index contributed by atoms with van der Waals surface area (Å²) in [6.45, 7) is 11.3. The Kier molecular flexibility index (Phi) is 8.18. The molecule has 2 atom stereocenters. The standard InChI is InChI=1S/C13H15N3O3.C8H16FN.CH4/c1-7-8(2)19-12(17)9-10(7)14-13(18-3)15-11(9)16-5-4-6-16;1-3-8-5-7(9)6-10(8)4-2;/h4-6H2,1-3H3;7-8H,3-6H2,1-2H3;1H4. The zero-order valence-corrected chi connectivity index (χ0v) is 18.0. The second kappa shape index (κ2) is 10.2. The summed E-state index contributed by atoms with van der Waals surface area (Å²) < 4.78 is 23.1. The Balaban J connectivity index is 0.000000249. The van der Waals surface area contributed by atoms with Gasteiger partial charge >= 0.3 is 11.6 Å². The first kappa shape index (κ1) is 24.1. The number of hydrogen-bond acceptors (Lipinski definition) is 7. The van der Waals surface area contributed by atoms with Crippen LogP contribution in [0.4, 0.5) is 10.2 Å². The molecule has 8 heteroatoms. The van der Waals surface area contributed by atoms with Crippen LogP contribution in [0.2, 0.25) is 0 Å². The lowest BCUT2D eigenvalue weighted by Crippen LogP contribution is -2.38. The van der Waals surface area contributed by atoms with Crippen LogP contribution in [0.15, 0.2) is 9.21 Å². The summed E-state index contributed by atoms with van der Waals surface area (Å²) in [6, 6.07) is 0.794. The molecule has 0 radical (unpaired) electrons. The van der Waals surface area contributed by atoms with Gasteiger partial charge in [0.1, 0.15) is 17.3 Å². The molecule has 30 heavy (non-hydrogen) atoms. The van der Waals surface area contributed by atoms with E-state index in [0.717, 1.165) is 44.5 Å². The molecule has 0 amide bonds. The molecule has 0 spiro atoms. The lowest BCUT2D eigenvalue weighted by atomic mass is 10.1. The Labute approximate surface area is 178 Å². The number of fused-ring (bicyclic) bond motifs is 1. The summed E-state index contributed by atoms with van der Waals surface area (Å²) in [4.78, 5) is 25.0. The molecule has 4 rings (SSSR count). The fourth-order valence-electron chi connectivity index (χ4n) is 3.90. The molecule has 4 heterocycles. The third-order valence-electron chi connectivity index (χ3n) is 5.90. The number of rotatable bonds is 4. The van der Waals surface area contributed by atoms with E-state index in [0.29, 0.717) is 35.1 Å². The van der Waals surface area contributed by atoms with Crippen LogP contribution in [-0.4, -0.2) is 60.4 Å². The first-order valence-electron chi connectivity index (χ1n) is 10.4. The van der Waals surface area contributed by atoms with Gasteiger partial charge in [0.25, 0.3) is 0 Å². The SMILES string of the molecule is C.CCC1CC(F)CN1CC.COc1nc(N2CCC2)c2c(=O)oc(C)c(C)c2n1. The van der Waals surface area contributed by atoms with Crippen molar-refractivity contribution >= 4 is 16.7 Å². The highest BCUT2D eigenvalue weighted by molar-refractivity contribution is 5.91. The summed E-state index contributed by atoms with van der Waals surface area (Å²) >= 11 is 0. The summed E-state index contributed by atoms with van der Waals surface area (Å²) in [6.07, 6.45) is 2.38. The number of halogens is 1. The van der Waals surface area contributed by atoms with Crippen molar-refractivity contribution in [1.82, 2.24) is 14.9 Å². The van der Waals surface area contributed by atoms with Gasteiger partial charge in [-0.15, -0.1) is 0 Å². The maximum atomic E-state index is 12.8. The lowest BCUT2D eigenvalue weighted by molar-refractivity contribution is 0.251. The predicted molar refractivity (Wildman–Crippen MR) is 119 cm³/mol. The maximum Gasteiger partial charge on any atom is 0.349 e. The Morgan fingerprint density at radius 2 is 1.93 bits per heavy atom. The third-order valence-corrected chi connectivity index (χ3v) is 5.90. The van der Waals surface area contributed by atoms with E-state index in [1.807, 2.05) is 11.8 Å². The van der Waals surface area contributed by atoms with Gasteiger partial charge in [0, 0.05) is 31.2 Å². The highest BCUT2D eigenvalue weighted by atomic mass is 19.1. The molecule has 2 fully saturated rings. The van der Waals surface area contributed by atoms with Gasteiger partial charge in [0.2, 0.25) is 0 Å². The van der Waals surface area contributed by atoms with Gasteiger partial charge in [0.05, 0.1) is 12.6 Å². The molecule has 0 aliphatic carbocycles. The summed E-state index contributed by atoms with van der Waals surface area (Å²) in [7, 11) is 1.52. The minimum absolute atomic E-state index is 0. The first-order valence-corrected chi connectivity index (χ1v) is 10.4. The predicted octanol–water partition coefficient (Wildman–Crippen LogP) is 3.88. The highest BCUT2D eigenvalue weighted by Gasteiger charge is 2.29. The van der Waals surface area contributed by atoms with E-state index < -0.39 is 6.17 Å². The zero-order chi connectivity index (χ0) is 21.1. The number of alkyl halides is 1. The number of ether oxygens (including phenoxy) is 1. The van der Waals surface area contributed by atoms with E-state index in [1.165, 1.54) is 7.11 Å². The topological polar surface area (TPSA) is 71.7 Å². The van der Waals surface area contributed by atoms with Crippen molar-refractivity contribution in [3.05, 3.63) is 21.7 Å². The molecular weight excluding hydrogens is 387 g/mol. The average Bonchev–Trinajstić information content (AvgIpc) is 3.04. The summed E-state index contributed by atoms with van der Waals surface area (Å²) in [5.41, 5.74) is 1.07. The normalized spacial score (nSPS) is 20.9. The van der Waals surface area contributed by atoms with Crippen LogP contribution in [0.1, 0.15) is 51.9 Å². The molecule has 0 aromatic carbocycles. The lowest BCUT2D eigenvalue weighted by Gasteiger charge is -2.32. The third kappa shape index (κ3) is 4.74. The molecular formula is C22H35FN4O3. The Bertz CT molecular complexity index is 901. The fraction of sp³-hybridized carbons (Fsp3) is 0.682. The second-order valence-electron chi connectivity index (χ2n) is 7.65. The van der Waals surface area contributed by atoms with E-state index in [4.69, 9.17) is 9.15 Å². The van der Waals surface area contributed by atoms with Crippen LogP contribution in [-0.2, 0) is 0 Å². The van der Waals surface area contributed by atoms with Crippen molar-refractivity contribution in [1.29, 1.82) is 0 Å². The number of anilines is 1. The van der Waals surface area contributed by atoms with Crippen molar-refractivity contribution < 1.29 is 13.5 Å². The minimum atomic E-state index is -0.565. The molecule has 168 valence electrons. The number of aromatic nitrogens is 2. The smallest absolute Gasteiger partial charge is 0.349 e. The van der Waals surface area contributed by atoms with E-state index in [2.05, 4.69) is 28.7 Å². The van der Waals surface area contributed by atoms with Crippen molar-refractivity contribution in [3.8, 4) is 6.01 Å². The van der Waals surface area contributed by atoms with E-state index >= 15 is 0 Å². The van der Waals surface area contributed by atoms with E-state index in [1.54, 1.807) is 6.92 Å². The molecule has 2 saturated heterocycles. The van der Waals surface area contributed by atoms with Crippen LogP contribution in [0, 0.1) is 13.8 Å². The molecule has 2 aliphatic heterocycles. The Morgan fingerprint density at radius 3 is 2.43 bits per heavy atom. The zero-order valence-electron chi connectivity index (χ0n) is 18.0. The van der Waals surface area contributed by atoms with Crippen molar-refractivity contribution in [2.24, 2.45) is 0 Å². The van der Waals surface area contributed by atoms with Gasteiger partial charge in [-0.3, -0.25) is 4.90 Å². The number of aryl methyl sites for hydroxylation is 2. The number of hydrogen-bond donors (Lipinski definition) is 0. The maximum absolute atomic E-state index is 12.8. The van der Waals surface area contributed by atoms with Gasteiger partial charge < -0.3 is 14.1 Å². The van der Waals surface area contributed by atoms with Crippen molar-refractivity contribution in [2.75, 3.05) is 38.2 Å². The molecule has 2 unspecified atom stereocenters. The minimum Gasteiger partial charge on any atom is -0.467 e. The second-order valence-corrected chi connectivity index (χ2v) is 7.65. The average molecular weight is 423 g/mol. The van der Waals surface area contributed by atoms with Crippen molar-refractivity contribution in [3.63, 3.8) is 0 Å². The van der Waals surface area contributed by atoms with Crippen LogP contribution < -0.4 is 15.3 Å². The molecule has 0 bridgehead atoms. The molecule has 0 saturated carbocycles. The fourth-order valence-corrected chi connectivity index (χ4v) is 3.90. The Hall–Kier alpha value is -2.22. The van der Waals surface area contributed by atoms with Gasteiger partial charge in [-0.05, 0) is 39.7 Å². The molecule has 2 aromatic heterocycles. The first-order chi connectivity index (χ1) is 13.9. The highest BCUT2D eigenvalue weighted by Crippen LogP contribution is 2.29. The van der Waals surface area contributed by atoms with Gasteiger partial charge in [-0.25, -0.2) is 9.18 Å². The van der Waals surface area contributed by atoms with E-state index in [9.17, 15) is 9.18 Å². The molecule has 0 N–H and O–H groups in total. The molecule has 2 aromatic rings. The number of likely N-dealkylation sites (tertiary alicyclic amines) is 1. The summed E-state index contributed by atoms with van der Waals surface area (Å²) in [5.74, 6) is 1.19. The molecule has 7 nitrogen and oxygen atoms in total. The van der Waals surface area contributed by atoms with Crippen LogP contribution >= 0.6 is 0 Å². The van der Waals surface area contributed by atoms with Gasteiger partial charge in [-0.1, -0.05) is 21.3 Å².